The molecule has 2 aliphatic heterocycles. The third kappa shape index (κ3) is 4.44. The summed E-state index contributed by atoms with van der Waals surface area (Å²) in [5.41, 5.74) is 0.956. The number of ether oxygens (including phenoxy) is 1. The molecule has 2 heterocycles. The van der Waals surface area contributed by atoms with Crippen molar-refractivity contribution in [2.24, 2.45) is 0 Å². The standard InChI is InChI=1S/C19H29N3O4S/c1-3-21(4-2)19(23)15-20-9-5-10-22(12-11-20)27(24,25)17-6-7-18-16(14-17)8-13-26-18/h6-7,14H,3-5,8-13,15H2,1-2H3. The van der Waals surface area contributed by atoms with Crippen LogP contribution in [0.3, 0.4) is 0 Å². The molecule has 0 unspecified atom stereocenters. The zero-order valence-electron chi connectivity index (χ0n) is 16.2. The lowest BCUT2D eigenvalue weighted by atomic mass is 10.2. The topological polar surface area (TPSA) is 70.2 Å². The van der Waals surface area contributed by atoms with Gasteiger partial charge in [-0.2, -0.15) is 4.31 Å². The third-order valence-corrected chi connectivity index (χ3v) is 7.22. The van der Waals surface area contributed by atoms with Crippen LogP contribution in [0.2, 0.25) is 0 Å². The molecule has 1 aromatic rings. The van der Waals surface area contributed by atoms with E-state index in [0.717, 1.165) is 30.7 Å². The summed E-state index contributed by atoms with van der Waals surface area (Å²) in [6.45, 7) is 8.49. The Hall–Kier alpha value is -1.64. The number of benzene rings is 1. The first-order valence-electron chi connectivity index (χ1n) is 9.71. The molecule has 1 amide bonds. The molecule has 1 fully saturated rings. The SMILES string of the molecule is CCN(CC)C(=O)CN1CCCN(S(=O)(=O)c2ccc3c(c2)CCO3)CC1. The van der Waals surface area contributed by atoms with Gasteiger partial charge >= 0.3 is 0 Å². The molecule has 0 spiro atoms. The van der Waals surface area contributed by atoms with E-state index in [9.17, 15) is 13.2 Å². The van der Waals surface area contributed by atoms with Gasteiger partial charge in [-0.3, -0.25) is 9.69 Å². The van der Waals surface area contributed by atoms with Gasteiger partial charge in [-0.25, -0.2) is 8.42 Å². The second kappa shape index (κ2) is 8.58. The molecular formula is C19H29N3O4S. The van der Waals surface area contributed by atoms with Gasteiger partial charge in [0.05, 0.1) is 18.0 Å². The van der Waals surface area contributed by atoms with Crippen molar-refractivity contribution in [3.63, 3.8) is 0 Å². The van der Waals surface area contributed by atoms with Crippen LogP contribution in [0.1, 0.15) is 25.8 Å². The van der Waals surface area contributed by atoms with E-state index in [4.69, 9.17) is 4.74 Å². The van der Waals surface area contributed by atoms with Crippen LogP contribution in [0.4, 0.5) is 0 Å². The molecule has 27 heavy (non-hydrogen) atoms. The van der Waals surface area contributed by atoms with E-state index in [1.54, 1.807) is 22.5 Å². The van der Waals surface area contributed by atoms with Crippen LogP contribution in [-0.2, 0) is 21.2 Å². The maximum absolute atomic E-state index is 13.1. The number of likely N-dealkylation sites (N-methyl/N-ethyl adjacent to an activating group) is 1. The Balaban J connectivity index is 1.65. The van der Waals surface area contributed by atoms with Gasteiger partial charge in [-0.05, 0) is 50.6 Å². The molecule has 7 nitrogen and oxygen atoms in total. The molecule has 0 radical (unpaired) electrons. The minimum absolute atomic E-state index is 0.106. The van der Waals surface area contributed by atoms with Crippen LogP contribution in [0, 0.1) is 0 Å². The Kier molecular flexibility index (Phi) is 6.39. The van der Waals surface area contributed by atoms with Crippen molar-refractivity contribution in [1.82, 2.24) is 14.1 Å². The summed E-state index contributed by atoms with van der Waals surface area (Å²) in [7, 11) is -3.53. The first-order valence-corrected chi connectivity index (χ1v) is 11.2. The molecular weight excluding hydrogens is 366 g/mol. The smallest absolute Gasteiger partial charge is 0.243 e. The Morgan fingerprint density at radius 2 is 1.93 bits per heavy atom. The number of rotatable bonds is 6. The van der Waals surface area contributed by atoms with Gasteiger partial charge in [0.15, 0.2) is 0 Å². The average Bonchev–Trinajstić information content (AvgIpc) is 3.00. The van der Waals surface area contributed by atoms with Crippen molar-refractivity contribution < 1.29 is 17.9 Å². The van der Waals surface area contributed by atoms with Gasteiger partial charge in [0, 0.05) is 39.1 Å². The van der Waals surface area contributed by atoms with Crippen molar-refractivity contribution in [1.29, 1.82) is 0 Å². The van der Waals surface area contributed by atoms with Crippen molar-refractivity contribution in [3.8, 4) is 5.75 Å². The number of amides is 1. The molecule has 0 bridgehead atoms. The van der Waals surface area contributed by atoms with Gasteiger partial charge in [0.1, 0.15) is 5.75 Å². The highest BCUT2D eigenvalue weighted by Gasteiger charge is 2.29. The zero-order valence-corrected chi connectivity index (χ0v) is 17.0. The largest absolute Gasteiger partial charge is 0.493 e. The number of hydrogen-bond donors (Lipinski definition) is 0. The normalized spacial score (nSPS) is 18.6. The molecule has 3 rings (SSSR count). The molecule has 0 saturated carbocycles. The van der Waals surface area contributed by atoms with E-state index in [1.807, 2.05) is 18.7 Å². The van der Waals surface area contributed by atoms with Crippen molar-refractivity contribution in [2.75, 3.05) is 52.4 Å². The zero-order chi connectivity index (χ0) is 19.4. The van der Waals surface area contributed by atoms with Gasteiger partial charge in [-0.1, -0.05) is 0 Å². The minimum atomic E-state index is -3.53. The van der Waals surface area contributed by atoms with E-state index < -0.39 is 10.0 Å². The van der Waals surface area contributed by atoms with Gasteiger partial charge in [0.25, 0.3) is 0 Å². The molecule has 1 aromatic carbocycles. The van der Waals surface area contributed by atoms with Crippen molar-refractivity contribution in [2.45, 2.75) is 31.6 Å². The van der Waals surface area contributed by atoms with Crippen molar-refractivity contribution in [3.05, 3.63) is 23.8 Å². The fourth-order valence-corrected chi connectivity index (χ4v) is 5.21. The highest BCUT2D eigenvalue weighted by molar-refractivity contribution is 7.89. The summed E-state index contributed by atoms with van der Waals surface area (Å²) in [6, 6.07) is 5.12. The van der Waals surface area contributed by atoms with E-state index in [0.29, 0.717) is 50.8 Å². The summed E-state index contributed by atoms with van der Waals surface area (Å²) in [6.07, 6.45) is 1.47. The fourth-order valence-electron chi connectivity index (χ4n) is 3.69. The summed E-state index contributed by atoms with van der Waals surface area (Å²) < 4.78 is 33.1. The summed E-state index contributed by atoms with van der Waals surface area (Å²) in [4.78, 5) is 16.5. The lowest BCUT2D eigenvalue weighted by Crippen LogP contribution is -2.42. The second-order valence-corrected chi connectivity index (χ2v) is 8.91. The molecule has 150 valence electrons. The highest BCUT2D eigenvalue weighted by atomic mass is 32.2. The molecule has 0 atom stereocenters. The molecule has 2 aliphatic rings. The Labute approximate surface area is 161 Å². The Morgan fingerprint density at radius 1 is 1.15 bits per heavy atom. The number of fused-ring (bicyclic) bond motifs is 1. The lowest BCUT2D eigenvalue weighted by molar-refractivity contribution is -0.132. The second-order valence-electron chi connectivity index (χ2n) is 6.97. The molecule has 1 saturated heterocycles. The van der Waals surface area contributed by atoms with Crippen LogP contribution in [0.25, 0.3) is 0 Å². The summed E-state index contributed by atoms with van der Waals surface area (Å²) >= 11 is 0. The van der Waals surface area contributed by atoms with Crippen LogP contribution in [0.15, 0.2) is 23.1 Å². The molecule has 0 aromatic heterocycles. The fraction of sp³-hybridized carbons (Fsp3) is 0.632. The lowest BCUT2D eigenvalue weighted by Gasteiger charge is -2.25. The van der Waals surface area contributed by atoms with Gasteiger partial charge in [-0.15, -0.1) is 0 Å². The molecule has 0 aliphatic carbocycles. The van der Waals surface area contributed by atoms with Crippen LogP contribution >= 0.6 is 0 Å². The van der Waals surface area contributed by atoms with Gasteiger partial charge < -0.3 is 9.64 Å². The third-order valence-electron chi connectivity index (χ3n) is 5.32. The quantitative estimate of drug-likeness (QED) is 0.724. The minimum Gasteiger partial charge on any atom is -0.493 e. The predicted octanol–water partition coefficient (Wildman–Crippen LogP) is 1.19. The van der Waals surface area contributed by atoms with E-state index >= 15 is 0 Å². The summed E-state index contributed by atoms with van der Waals surface area (Å²) in [5, 5.41) is 0. The number of nitrogens with zero attached hydrogens (tertiary/aromatic N) is 3. The maximum Gasteiger partial charge on any atom is 0.243 e. The molecule has 8 heteroatoms. The van der Waals surface area contributed by atoms with Crippen LogP contribution < -0.4 is 4.74 Å². The van der Waals surface area contributed by atoms with Gasteiger partial charge in [0.2, 0.25) is 15.9 Å². The molecule has 0 N–H and O–H groups in total. The maximum atomic E-state index is 13.1. The first-order chi connectivity index (χ1) is 13.0. The summed E-state index contributed by atoms with van der Waals surface area (Å²) in [5.74, 6) is 0.890. The first kappa shape index (κ1) is 20.1. The predicted molar refractivity (Wildman–Crippen MR) is 103 cm³/mol. The van der Waals surface area contributed by atoms with Crippen LogP contribution in [-0.4, -0.2) is 80.9 Å². The number of carbonyl (C=O) groups is 1. The highest BCUT2D eigenvalue weighted by Crippen LogP contribution is 2.29. The van der Waals surface area contributed by atoms with E-state index in [1.165, 1.54) is 0 Å². The Bertz CT molecular complexity index is 777. The monoisotopic (exact) mass is 395 g/mol. The van der Waals surface area contributed by atoms with Crippen LogP contribution in [0.5, 0.6) is 5.75 Å². The van der Waals surface area contributed by atoms with E-state index in [2.05, 4.69) is 4.90 Å². The number of sulfonamides is 1. The van der Waals surface area contributed by atoms with E-state index in [-0.39, 0.29) is 5.91 Å². The average molecular weight is 396 g/mol. The number of carbonyl (C=O) groups excluding carboxylic acids is 1. The Morgan fingerprint density at radius 3 is 2.67 bits per heavy atom. The number of hydrogen-bond acceptors (Lipinski definition) is 5. The van der Waals surface area contributed by atoms with Crippen molar-refractivity contribution >= 4 is 15.9 Å².